The minimum Gasteiger partial charge on any atom is -0.508 e. The van der Waals surface area contributed by atoms with Gasteiger partial charge in [-0.1, -0.05) is 52.3 Å². The minimum atomic E-state index is -2.42. The van der Waals surface area contributed by atoms with Crippen molar-refractivity contribution in [2.24, 2.45) is 11.8 Å². The summed E-state index contributed by atoms with van der Waals surface area (Å²) in [4.78, 5) is 24.9. The summed E-state index contributed by atoms with van der Waals surface area (Å²) in [5.74, 6) is -2.31. The van der Waals surface area contributed by atoms with Crippen LogP contribution in [-0.4, -0.2) is 44.3 Å². The molecule has 1 aliphatic rings. The lowest BCUT2D eigenvalue weighted by Gasteiger charge is -2.41. The summed E-state index contributed by atoms with van der Waals surface area (Å²) in [6, 6.07) is 2.39. The van der Waals surface area contributed by atoms with Crippen molar-refractivity contribution in [1.82, 2.24) is 0 Å². The van der Waals surface area contributed by atoms with Crippen LogP contribution in [0.15, 0.2) is 35.4 Å². The molecule has 2 rings (SSSR count). The van der Waals surface area contributed by atoms with Crippen LogP contribution in [-0.2, 0) is 18.7 Å². The van der Waals surface area contributed by atoms with Crippen LogP contribution in [0.5, 0.6) is 11.5 Å². The van der Waals surface area contributed by atoms with Crippen molar-refractivity contribution in [3.63, 3.8) is 0 Å². The Hall–Kier alpha value is -2.53. The van der Waals surface area contributed by atoms with Gasteiger partial charge in [-0.05, 0) is 50.0 Å². The van der Waals surface area contributed by atoms with E-state index in [1.54, 1.807) is 6.92 Å². The Balaban J connectivity index is 2.89. The molecule has 0 aromatic heterocycles. The van der Waals surface area contributed by atoms with Gasteiger partial charge in [-0.2, -0.15) is 0 Å². The van der Waals surface area contributed by atoms with Crippen molar-refractivity contribution >= 4 is 20.0 Å². The lowest BCUT2D eigenvalue weighted by Crippen LogP contribution is -2.43. The molecular weight excluding hydrogens is 506 g/mol. The average Bonchev–Trinajstić information content (AvgIpc) is 2.80. The number of esters is 1. The number of nitrogens with zero attached hydrogens (tertiary/aromatic N) is 1. The first kappa shape index (κ1) is 31.7. The van der Waals surface area contributed by atoms with Crippen molar-refractivity contribution in [3.8, 4) is 11.5 Å². The number of rotatable bonds is 7. The van der Waals surface area contributed by atoms with Gasteiger partial charge in [0.25, 0.3) is 0 Å². The van der Waals surface area contributed by atoms with Crippen LogP contribution in [0.25, 0.3) is 0 Å². The van der Waals surface area contributed by atoms with Crippen LogP contribution >= 0.6 is 0 Å². The van der Waals surface area contributed by atoms with Gasteiger partial charge >= 0.3 is 11.7 Å². The molecule has 0 radical (unpaired) electrons. The molecule has 1 N–H and O–H groups in total. The van der Waals surface area contributed by atoms with Crippen LogP contribution in [0.1, 0.15) is 66.6 Å². The first-order valence-electron chi connectivity index (χ1n) is 12.9. The Bertz CT molecular complexity index is 1090. The molecule has 0 fully saturated rings. The van der Waals surface area contributed by atoms with Gasteiger partial charge in [0.15, 0.2) is 8.32 Å². The zero-order valence-electron chi connectivity index (χ0n) is 24.3. The maximum absolute atomic E-state index is 13.5. The summed E-state index contributed by atoms with van der Waals surface area (Å²) in [6.07, 6.45) is 3.27. The molecule has 9 nitrogen and oxygen atoms in total. The van der Waals surface area contributed by atoms with E-state index in [-0.39, 0.29) is 34.8 Å². The van der Waals surface area contributed by atoms with Gasteiger partial charge in [-0.15, -0.1) is 0 Å². The Kier molecular flexibility index (Phi) is 10.5. The van der Waals surface area contributed by atoms with Crippen molar-refractivity contribution in [2.75, 3.05) is 13.9 Å². The van der Waals surface area contributed by atoms with Crippen molar-refractivity contribution < 1.29 is 33.5 Å². The number of carbonyl (C=O) groups excluding carboxylic acids is 1. The van der Waals surface area contributed by atoms with E-state index in [2.05, 4.69) is 33.9 Å². The largest absolute Gasteiger partial charge is 0.508 e. The molecule has 1 aliphatic heterocycles. The topological polar surface area (TPSA) is 117 Å². The lowest BCUT2D eigenvalue weighted by atomic mass is 9.90. The second-order valence-corrected chi connectivity index (χ2v) is 16.2. The van der Waals surface area contributed by atoms with E-state index in [4.69, 9.17) is 18.6 Å². The maximum atomic E-state index is 13.5. The monoisotopic (exact) mass is 549 g/mol. The number of methoxy groups -OCH3 is 1. The second kappa shape index (κ2) is 12.5. The Morgan fingerprint density at radius 2 is 1.82 bits per heavy atom. The number of allylic oxidation sites excluding steroid dienone is 2. The second-order valence-electron chi connectivity index (χ2n) is 11.5. The van der Waals surface area contributed by atoms with Crippen LogP contribution in [0.4, 0.5) is 5.69 Å². The van der Waals surface area contributed by atoms with Crippen LogP contribution in [0.3, 0.4) is 0 Å². The highest BCUT2D eigenvalue weighted by Gasteiger charge is 2.42. The van der Waals surface area contributed by atoms with E-state index in [0.29, 0.717) is 6.42 Å². The Morgan fingerprint density at radius 3 is 2.34 bits per heavy atom. The fourth-order valence-corrected chi connectivity index (χ4v) is 5.62. The lowest BCUT2D eigenvalue weighted by molar-refractivity contribution is -0.385. The molecule has 0 unspecified atom stereocenters. The molecular formula is C28H43NO8Si. The number of fused-ring (bicyclic) bond motifs is 1. The third-order valence-corrected chi connectivity index (χ3v) is 11.9. The van der Waals surface area contributed by atoms with Gasteiger partial charge in [0, 0.05) is 18.6 Å². The molecule has 1 aromatic carbocycles. The summed E-state index contributed by atoms with van der Waals surface area (Å²) in [7, 11) is -0.929. The normalized spacial score (nSPS) is 26.1. The van der Waals surface area contributed by atoms with Gasteiger partial charge in [0.2, 0.25) is 5.75 Å². The van der Waals surface area contributed by atoms with Crippen LogP contribution < -0.4 is 4.74 Å². The summed E-state index contributed by atoms with van der Waals surface area (Å²) >= 11 is 0. The van der Waals surface area contributed by atoms with E-state index < -0.39 is 43.0 Å². The standard InChI is InChI=1S/C28H43NO8Si/c1-11-20-13-17(2)12-18(3)24(37-38(9,10)28(5,6)7)22-14-21(30)15-23(29(32)33)26(22)36-27(31)19(4)25(20)35-16-34-8/h12-15,18-19,24-25,30H,11,16H2,1-10H3/b17-12-,20-13+/t18-,19-,24+,25-/m1/s1. The zero-order chi connectivity index (χ0) is 29.0. The Labute approximate surface area is 227 Å². The number of carbonyl (C=O) groups is 1. The third-order valence-electron chi connectivity index (χ3n) is 7.40. The van der Waals surface area contributed by atoms with E-state index in [9.17, 15) is 20.0 Å². The van der Waals surface area contributed by atoms with Crippen molar-refractivity contribution in [3.05, 3.63) is 51.1 Å². The quantitative estimate of drug-likeness (QED) is 0.0982. The highest BCUT2D eigenvalue weighted by atomic mass is 28.4. The average molecular weight is 550 g/mol. The van der Waals surface area contributed by atoms with E-state index >= 15 is 0 Å². The fourth-order valence-electron chi connectivity index (χ4n) is 4.29. The molecule has 1 heterocycles. The van der Waals surface area contributed by atoms with Gasteiger partial charge < -0.3 is 23.7 Å². The summed E-state index contributed by atoms with van der Waals surface area (Å²) in [5.41, 5.74) is 1.56. The molecule has 0 aliphatic carbocycles. The fraction of sp³-hybridized carbons (Fsp3) is 0.607. The number of phenols is 1. The first-order valence-corrected chi connectivity index (χ1v) is 15.8. The molecule has 38 heavy (non-hydrogen) atoms. The molecule has 0 saturated carbocycles. The first-order chi connectivity index (χ1) is 17.5. The molecule has 1 aromatic rings. The summed E-state index contributed by atoms with van der Waals surface area (Å²) < 4.78 is 23.6. The molecule has 10 heteroatoms. The minimum absolute atomic E-state index is 0.0359. The smallest absolute Gasteiger partial charge is 0.317 e. The number of nitro groups is 1. The highest BCUT2D eigenvalue weighted by molar-refractivity contribution is 6.74. The molecule has 0 amide bonds. The Morgan fingerprint density at radius 1 is 1.18 bits per heavy atom. The molecule has 0 bridgehead atoms. The number of hydrogen-bond donors (Lipinski definition) is 1. The predicted octanol–water partition coefficient (Wildman–Crippen LogP) is 6.83. The predicted molar refractivity (Wildman–Crippen MR) is 149 cm³/mol. The maximum Gasteiger partial charge on any atom is 0.317 e. The van der Waals surface area contributed by atoms with E-state index in [0.717, 1.165) is 17.2 Å². The summed E-state index contributed by atoms with van der Waals surface area (Å²) in [5, 5.41) is 22.4. The summed E-state index contributed by atoms with van der Waals surface area (Å²) in [6.45, 7) is 18.0. The molecule has 0 saturated heterocycles. The highest BCUT2D eigenvalue weighted by Crippen LogP contribution is 2.47. The van der Waals surface area contributed by atoms with Gasteiger partial charge in [0.05, 0.1) is 29.1 Å². The molecule has 4 atom stereocenters. The van der Waals surface area contributed by atoms with Gasteiger partial charge in [-0.3, -0.25) is 14.9 Å². The van der Waals surface area contributed by atoms with Gasteiger partial charge in [-0.25, -0.2) is 0 Å². The number of benzene rings is 1. The number of aromatic hydroxyl groups is 1. The molecule has 212 valence electrons. The number of phenolic OH excluding ortho intramolecular Hbond substituents is 1. The van der Waals surface area contributed by atoms with E-state index in [1.165, 1.54) is 13.2 Å². The zero-order valence-corrected chi connectivity index (χ0v) is 25.3. The number of ether oxygens (including phenoxy) is 3. The third kappa shape index (κ3) is 7.31. The number of hydrogen-bond acceptors (Lipinski definition) is 8. The SMILES string of the molecule is CC/C1=C\C(C)=C/[C@@H](C)[C@H](O[Si](C)(C)C(C)(C)C)c2cc(O)cc([N+](=O)[O-])c2OC(=O)[C@H](C)[C@H]1OCOC. The van der Waals surface area contributed by atoms with Gasteiger partial charge in [0.1, 0.15) is 12.5 Å². The van der Waals surface area contributed by atoms with E-state index in [1.807, 2.05) is 32.9 Å². The molecule has 0 spiro atoms. The van der Waals surface area contributed by atoms with Crippen molar-refractivity contribution in [1.29, 1.82) is 0 Å². The van der Waals surface area contributed by atoms with Crippen molar-refractivity contribution in [2.45, 2.75) is 85.2 Å². The number of nitro benzene ring substituents is 1. The van der Waals surface area contributed by atoms with Crippen LogP contribution in [0.2, 0.25) is 18.1 Å². The van der Waals surface area contributed by atoms with Crippen LogP contribution in [0, 0.1) is 22.0 Å².